The molecule has 6 heteroatoms. The molecule has 1 heterocycles. The molecule has 0 atom stereocenters. The number of anilines is 1. The van der Waals surface area contributed by atoms with Gasteiger partial charge in [-0.15, -0.1) is 0 Å². The first-order valence-corrected chi connectivity index (χ1v) is 9.35. The summed E-state index contributed by atoms with van der Waals surface area (Å²) in [4.78, 5) is 14.7. The highest BCUT2D eigenvalue weighted by atomic mass is 32.2. The quantitative estimate of drug-likeness (QED) is 0.890. The molecule has 132 valence electrons. The second-order valence-electron chi connectivity index (χ2n) is 6.09. The van der Waals surface area contributed by atoms with E-state index in [1.165, 1.54) is 6.07 Å². The van der Waals surface area contributed by atoms with Crippen LogP contribution in [0.25, 0.3) is 0 Å². The molecule has 1 saturated heterocycles. The number of carbonyl (C=O) groups is 1. The van der Waals surface area contributed by atoms with Crippen molar-refractivity contribution in [2.45, 2.75) is 13.5 Å². The molecule has 1 aliphatic heterocycles. The first-order valence-electron chi connectivity index (χ1n) is 8.19. The van der Waals surface area contributed by atoms with Gasteiger partial charge < -0.3 is 5.32 Å². The summed E-state index contributed by atoms with van der Waals surface area (Å²) in [6.45, 7) is 4.74. The minimum atomic E-state index is -0.864. The van der Waals surface area contributed by atoms with E-state index in [4.69, 9.17) is 0 Å². The lowest BCUT2D eigenvalue weighted by molar-refractivity contribution is 0.101. The van der Waals surface area contributed by atoms with Crippen LogP contribution >= 0.6 is 11.8 Å². The van der Waals surface area contributed by atoms with E-state index in [1.807, 2.05) is 36.9 Å². The van der Waals surface area contributed by atoms with Crippen LogP contribution in [0.3, 0.4) is 0 Å². The van der Waals surface area contributed by atoms with Crippen molar-refractivity contribution >= 4 is 23.4 Å². The normalized spacial score (nSPS) is 15.2. The molecule has 0 unspecified atom stereocenters. The number of amides is 1. The van der Waals surface area contributed by atoms with E-state index in [2.05, 4.69) is 10.2 Å². The second kappa shape index (κ2) is 7.97. The van der Waals surface area contributed by atoms with Crippen LogP contribution in [0, 0.1) is 18.6 Å². The summed E-state index contributed by atoms with van der Waals surface area (Å²) in [5.74, 6) is -0.246. The van der Waals surface area contributed by atoms with E-state index in [0.29, 0.717) is 5.69 Å². The van der Waals surface area contributed by atoms with E-state index in [-0.39, 0.29) is 0 Å². The Morgan fingerprint density at radius 1 is 1.16 bits per heavy atom. The summed E-state index contributed by atoms with van der Waals surface area (Å²) in [6.07, 6.45) is 0. The Balaban J connectivity index is 1.77. The molecule has 1 aliphatic rings. The zero-order valence-electron chi connectivity index (χ0n) is 14.0. The molecule has 2 aromatic carbocycles. The third-order valence-corrected chi connectivity index (χ3v) is 5.19. The van der Waals surface area contributed by atoms with Crippen LogP contribution in [0.4, 0.5) is 14.5 Å². The predicted octanol–water partition coefficient (Wildman–Crippen LogP) is 4.07. The Bertz CT molecular complexity index is 756. The maximum Gasteiger partial charge on any atom is 0.261 e. The maximum atomic E-state index is 13.8. The first kappa shape index (κ1) is 17.9. The van der Waals surface area contributed by atoms with Crippen LogP contribution in [-0.4, -0.2) is 35.4 Å². The number of rotatable bonds is 4. The van der Waals surface area contributed by atoms with Crippen LogP contribution in [0.5, 0.6) is 0 Å². The van der Waals surface area contributed by atoms with Gasteiger partial charge in [0.25, 0.3) is 5.91 Å². The molecule has 1 N–H and O–H groups in total. The van der Waals surface area contributed by atoms with E-state index in [0.717, 1.165) is 54.4 Å². The number of carbonyl (C=O) groups excluding carboxylic acids is 1. The summed E-state index contributed by atoms with van der Waals surface area (Å²) < 4.78 is 27.6. The summed E-state index contributed by atoms with van der Waals surface area (Å²) in [5.41, 5.74) is 1.95. The molecule has 0 aliphatic carbocycles. The van der Waals surface area contributed by atoms with Gasteiger partial charge in [-0.1, -0.05) is 18.2 Å². The van der Waals surface area contributed by atoms with Crippen molar-refractivity contribution in [3.8, 4) is 0 Å². The average Bonchev–Trinajstić information content (AvgIpc) is 2.59. The monoisotopic (exact) mass is 362 g/mol. The van der Waals surface area contributed by atoms with Gasteiger partial charge in [0.15, 0.2) is 0 Å². The highest BCUT2D eigenvalue weighted by Gasteiger charge is 2.18. The van der Waals surface area contributed by atoms with E-state index in [1.54, 1.807) is 0 Å². The van der Waals surface area contributed by atoms with Gasteiger partial charge in [-0.3, -0.25) is 9.69 Å². The molecule has 3 nitrogen and oxygen atoms in total. The molecule has 0 spiro atoms. The van der Waals surface area contributed by atoms with E-state index < -0.39 is 23.1 Å². The van der Waals surface area contributed by atoms with Crippen LogP contribution in [0.2, 0.25) is 0 Å². The van der Waals surface area contributed by atoms with Gasteiger partial charge in [0, 0.05) is 36.8 Å². The fourth-order valence-corrected chi connectivity index (χ4v) is 3.80. The number of benzene rings is 2. The molecule has 2 aromatic rings. The number of nitrogens with one attached hydrogen (secondary N) is 1. The predicted molar refractivity (Wildman–Crippen MR) is 98.1 cm³/mol. The summed E-state index contributed by atoms with van der Waals surface area (Å²) in [5, 5.41) is 2.64. The van der Waals surface area contributed by atoms with Gasteiger partial charge in [-0.05, 0) is 36.2 Å². The highest BCUT2D eigenvalue weighted by molar-refractivity contribution is 7.99. The molecule has 0 saturated carbocycles. The highest BCUT2D eigenvalue weighted by Crippen LogP contribution is 2.21. The van der Waals surface area contributed by atoms with Crippen LogP contribution < -0.4 is 5.32 Å². The van der Waals surface area contributed by atoms with Gasteiger partial charge in [0.1, 0.15) is 17.2 Å². The number of hydrogen-bond acceptors (Lipinski definition) is 3. The minimum Gasteiger partial charge on any atom is -0.322 e. The standard InChI is InChI=1S/C19H20F2N2OS/c1-13-5-6-14(12-23-7-9-25-10-8-23)11-17(13)22-19(24)18-15(20)3-2-4-16(18)21/h2-6,11H,7-10,12H2,1H3,(H,22,24). The fraction of sp³-hybridized carbons (Fsp3) is 0.316. The van der Waals surface area contributed by atoms with Crippen molar-refractivity contribution in [1.29, 1.82) is 0 Å². The SMILES string of the molecule is Cc1ccc(CN2CCSCC2)cc1NC(=O)c1c(F)cccc1F. The summed E-state index contributed by atoms with van der Waals surface area (Å²) in [7, 11) is 0. The number of hydrogen-bond donors (Lipinski definition) is 1. The fourth-order valence-electron chi connectivity index (χ4n) is 2.82. The van der Waals surface area contributed by atoms with E-state index >= 15 is 0 Å². The summed E-state index contributed by atoms with van der Waals surface area (Å²) >= 11 is 1.95. The van der Waals surface area contributed by atoms with Crippen LogP contribution in [0.15, 0.2) is 36.4 Å². The van der Waals surface area contributed by atoms with Gasteiger partial charge in [-0.2, -0.15) is 11.8 Å². The molecule has 3 rings (SSSR count). The number of aryl methyl sites for hydroxylation is 1. The molecular formula is C19H20F2N2OS. The van der Waals surface area contributed by atoms with Crippen molar-refractivity contribution < 1.29 is 13.6 Å². The lowest BCUT2D eigenvalue weighted by Gasteiger charge is -2.26. The second-order valence-corrected chi connectivity index (χ2v) is 7.31. The minimum absolute atomic E-state index is 0.555. The largest absolute Gasteiger partial charge is 0.322 e. The smallest absolute Gasteiger partial charge is 0.261 e. The van der Waals surface area contributed by atoms with Gasteiger partial charge in [-0.25, -0.2) is 8.78 Å². The molecular weight excluding hydrogens is 342 g/mol. The lowest BCUT2D eigenvalue weighted by atomic mass is 10.1. The third kappa shape index (κ3) is 4.38. The number of thioether (sulfide) groups is 1. The summed E-state index contributed by atoms with van der Waals surface area (Å²) in [6, 6.07) is 9.22. The van der Waals surface area contributed by atoms with Crippen molar-refractivity contribution in [1.82, 2.24) is 4.90 Å². The van der Waals surface area contributed by atoms with E-state index in [9.17, 15) is 13.6 Å². The average molecular weight is 362 g/mol. The molecule has 1 fully saturated rings. The maximum absolute atomic E-state index is 13.8. The Hall–Kier alpha value is -1.92. The Morgan fingerprint density at radius 2 is 1.84 bits per heavy atom. The zero-order valence-corrected chi connectivity index (χ0v) is 14.8. The van der Waals surface area contributed by atoms with Crippen molar-refractivity contribution in [2.75, 3.05) is 29.9 Å². The zero-order chi connectivity index (χ0) is 17.8. The van der Waals surface area contributed by atoms with Crippen molar-refractivity contribution in [2.24, 2.45) is 0 Å². The molecule has 1 amide bonds. The van der Waals surface area contributed by atoms with Crippen molar-refractivity contribution in [3.05, 3.63) is 64.7 Å². The van der Waals surface area contributed by atoms with Crippen LogP contribution in [0.1, 0.15) is 21.5 Å². The van der Waals surface area contributed by atoms with Gasteiger partial charge >= 0.3 is 0 Å². The third-order valence-electron chi connectivity index (χ3n) is 4.25. The van der Waals surface area contributed by atoms with Crippen LogP contribution in [-0.2, 0) is 6.54 Å². The molecule has 0 radical (unpaired) electrons. The number of halogens is 2. The topological polar surface area (TPSA) is 32.3 Å². The molecule has 25 heavy (non-hydrogen) atoms. The Labute approximate surface area is 150 Å². The lowest BCUT2D eigenvalue weighted by Crippen LogP contribution is -2.32. The number of nitrogens with zero attached hydrogens (tertiary/aromatic N) is 1. The molecule has 0 bridgehead atoms. The Kier molecular flexibility index (Phi) is 5.71. The van der Waals surface area contributed by atoms with Gasteiger partial charge in [0.2, 0.25) is 0 Å². The molecule has 0 aromatic heterocycles. The van der Waals surface area contributed by atoms with Gasteiger partial charge in [0.05, 0.1) is 0 Å². The van der Waals surface area contributed by atoms with Crippen molar-refractivity contribution in [3.63, 3.8) is 0 Å². The first-order chi connectivity index (χ1) is 12.0. The Morgan fingerprint density at radius 3 is 2.52 bits per heavy atom.